The van der Waals surface area contributed by atoms with Crippen LogP contribution in [0, 0.1) is 0 Å². The number of nitrogens with zero attached hydrogens (tertiary/aromatic N) is 1. The van der Waals surface area contributed by atoms with Gasteiger partial charge in [-0.15, -0.1) is 0 Å². The van der Waals surface area contributed by atoms with Gasteiger partial charge in [0, 0.05) is 7.05 Å². The van der Waals surface area contributed by atoms with Crippen LogP contribution in [0.2, 0.25) is 0 Å². The van der Waals surface area contributed by atoms with Gasteiger partial charge in [-0.3, -0.25) is 4.99 Å². The molecule has 0 aliphatic heterocycles. The Bertz CT molecular complexity index is 79.7. The van der Waals surface area contributed by atoms with Crippen molar-refractivity contribution in [2.75, 3.05) is 13.7 Å². The topological polar surface area (TPSA) is 50.4 Å². The number of nitrogens with one attached hydrogen (secondary N) is 1. The van der Waals surface area contributed by atoms with Crippen molar-refractivity contribution in [1.29, 1.82) is 0 Å². The van der Waals surface area contributed by atoms with E-state index in [0.29, 0.717) is 6.67 Å². The maximum absolute atomic E-state index is 5.01. The normalized spacial score (nSPS) is 16.2. The molecule has 1 fully saturated rings. The van der Waals surface area contributed by atoms with E-state index in [9.17, 15) is 0 Å². The highest BCUT2D eigenvalue weighted by Gasteiger charge is 1.95. The molecule has 0 spiro atoms. The van der Waals surface area contributed by atoms with E-state index < -0.39 is 0 Å². The van der Waals surface area contributed by atoms with Crippen molar-refractivity contribution in [3.63, 3.8) is 0 Å². The molecular formula is C8H19N3. The fraction of sp³-hybridized carbons (Fsp3) is 0.875. The first-order chi connectivity index (χ1) is 5.41. The van der Waals surface area contributed by atoms with Crippen LogP contribution < -0.4 is 11.1 Å². The molecule has 1 saturated carbocycles. The van der Waals surface area contributed by atoms with Gasteiger partial charge in [-0.1, -0.05) is 32.1 Å². The molecule has 3 heteroatoms. The first kappa shape index (κ1) is 10.4. The molecule has 0 heterocycles. The van der Waals surface area contributed by atoms with Crippen LogP contribution in [-0.2, 0) is 0 Å². The summed E-state index contributed by atoms with van der Waals surface area (Å²) >= 11 is 0. The minimum absolute atomic E-state index is 0.456. The SMILES string of the molecule is C1CCCC1.CN=CNCN. The third-order valence-corrected chi connectivity index (χ3v) is 1.59. The molecule has 1 aliphatic rings. The molecule has 1 rings (SSSR count). The van der Waals surface area contributed by atoms with Crippen molar-refractivity contribution in [2.24, 2.45) is 10.7 Å². The van der Waals surface area contributed by atoms with Crippen LogP contribution in [0.3, 0.4) is 0 Å². The summed E-state index contributed by atoms with van der Waals surface area (Å²) in [7, 11) is 1.68. The summed E-state index contributed by atoms with van der Waals surface area (Å²) in [5, 5.41) is 2.68. The van der Waals surface area contributed by atoms with Gasteiger partial charge in [0.05, 0.1) is 13.0 Å². The Morgan fingerprint density at radius 1 is 1.27 bits per heavy atom. The van der Waals surface area contributed by atoms with Crippen LogP contribution >= 0.6 is 0 Å². The van der Waals surface area contributed by atoms with Crippen molar-refractivity contribution < 1.29 is 0 Å². The lowest BCUT2D eigenvalue weighted by molar-refractivity contribution is 0.886. The van der Waals surface area contributed by atoms with Gasteiger partial charge in [0.25, 0.3) is 0 Å². The minimum atomic E-state index is 0.456. The molecule has 0 saturated heterocycles. The maximum atomic E-state index is 5.01. The van der Waals surface area contributed by atoms with E-state index in [1.165, 1.54) is 32.1 Å². The largest absolute Gasteiger partial charge is 0.364 e. The minimum Gasteiger partial charge on any atom is -0.364 e. The van der Waals surface area contributed by atoms with E-state index in [0.717, 1.165) is 0 Å². The van der Waals surface area contributed by atoms with Gasteiger partial charge >= 0.3 is 0 Å². The molecule has 0 unspecified atom stereocenters. The fourth-order valence-corrected chi connectivity index (χ4v) is 1.03. The Morgan fingerprint density at radius 2 is 1.73 bits per heavy atom. The van der Waals surface area contributed by atoms with Crippen LogP contribution in [0.5, 0.6) is 0 Å². The predicted molar refractivity (Wildman–Crippen MR) is 49.7 cm³/mol. The van der Waals surface area contributed by atoms with E-state index in [1.807, 2.05) is 0 Å². The summed E-state index contributed by atoms with van der Waals surface area (Å²) in [4.78, 5) is 3.61. The van der Waals surface area contributed by atoms with E-state index in [-0.39, 0.29) is 0 Å². The van der Waals surface area contributed by atoms with Gasteiger partial charge in [0.15, 0.2) is 0 Å². The zero-order valence-electron chi connectivity index (χ0n) is 7.34. The second kappa shape index (κ2) is 9.43. The van der Waals surface area contributed by atoms with E-state index in [1.54, 1.807) is 13.4 Å². The van der Waals surface area contributed by atoms with E-state index in [4.69, 9.17) is 5.73 Å². The number of hydrogen-bond donors (Lipinski definition) is 2. The summed E-state index contributed by atoms with van der Waals surface area (Å²) in [5.74, 6) is 0. The maximum Gasteiger partial charge on any atom is 0.0830 e. The number of nitrogens with two attached hydrogens (primary N) is 1. The smallest absolute Gasteiger partial charge is 0.0830 e. The Labute approximate surface area is 69.1 Å². The molecule has 66 valence electrons. The Hall–Kier alpha value is -0.570. The zero-order valence-corrected chi connectivity index (χ0v) is 7.34. The van der Waals surface area contributed by atoms with Crippen LogP contribution in [0.4, 0.5) is 0 Å². The standard InChI is InChI=1S/C5H10.C3H9N3/c1-2-4-5-3-1;1-5-3-6-2-4/h1-5H2;3H,2,4H2,1H3,(H,5,6). The van der Waals surface area contributed by atoms with Gasteiger partial charge in [-0.25, -0.2) is 0 Å². The Balaban J connectivity index is 0.000000183. The van der Waals surface area contributed by atoms with Crippen molar-refractivity contribution in [3.8, 4) is 0 Å². The highest BCUT2D eigenvalue weighted by atomic mass is 15.0. The van der Waals surface area contributed by atoms with Gasteiger partial charge in [0.1, 0.15) is 0 Å². The predicted octanol–water partition coefficient (Wildman–Crippen LogP) is 1.10. The van der Waals surface area contributed by atoms with Crippen LogP contribution in [-0.4, -0.2) is 20.1 Å². The van der Waals surface area contributed by atoms with Crippen molar-refractivity contribution in [1.82, 2.24) is 5.32 Å². The number of rotatable bonds is 2. The molecule has 0 radical (unpaired) electrons. The van der Waals surface area contributed by atoms with Crippen molar-refractivity contribution in [2.45, 2.75) is 32.1 Å². The Kier molecular flexibility index (Phi) is 8.94. The number of hydrogen-bond acceptors (Lipinski definition) is 2. The summed E-state index contributed by atoms with van der Waals surface area (Å²) < 4.78 is 0. The van der Waals surface area contributed by atoms with E-state index in [2.05, 4.69) is 10.3 Å². The molecule has 3 nitrogen and oxygen atoms in total. The van der Waals surface area contributed by atoms with Crippen LogP contribution in [0.25, 0.3) is 0 Å². The Morgan fingerprint density at radius 3 is 1.91 bits per heavy atom. The molecule has 0 aromatic carbocycles. The fourth-order valence-electron chi connectivity index (χ4n) is 1.03. The lowest BCUT2D eigenvalue weighted by Crippen LogP contribution is -2.19. The third kappa shape index (κ3) is 9.43. The van der Waals surface area contributed by atoms with Gasteiger partial charge in [0.2, 0.25) is 0 Å². The average Bonchev–Trinajstić information content (AvgIpc) is 2.57. The lowest BCUT2D eigenvalue weighted by atomic mass is 10.4. The molecule has 0 atom stereocenters. The quantitative estimate of drug-likeness (QED) is 0.358. The molecule has 0 aromatic rings. The summed E-state index contributed by atoms with van der Waals surface area (Å²) in [5.41, 5.74) is 5.01. The van der Waals surface area contributed by atoms with Crippen LogP contribution in [0.1, 0.15) is 32.1 Å². The summed E-state index contributed by atoms with van der Waals surface area (Å²) in [6.07, 6.45) is 9.06. The second-order valence-electron chi connectivity index (χ2n) is 2.56. The van der Waals surface area contributed by atoms with Gasteiger partial charge in [-0.2, -0.15) is 0 Å². The van der Waals surface area contributed by atoms with E-state index >= 15 is 0 Å². The van der Waals surface area contributed by atoms with Gasteiger partial charge in [-0.05, 0) is 0 Å². The summed E-state index contributed by atoms with van der Waals surface area (Å²) in [6.45, 7) is 0.456. The highest BCUT2D eigenvalue weighted by Crippen LogP contribution is 2.15. The van der Waals surface area contributed by atoms with Crippen LogP contribution in [0.15, 0.2) is 4.99 Å². The monoisotopic (exact) mass is 157 g/mol. The molecule has 0 aromatic heterocycles. The molecule has 0 amide bonds. The molecule has 0 bridgehead atoms. The molecule has 1 aliphatic carbocycles. The average molecular weight is 157 g/mol. The molecule has 3 N–H and O–H groups in total. The van der Waals surface area contributed by atoms with Crippen molar-refractivity contribution in [3.05, 3.63) is 0 Å². The molecular weight excluding hydrogens is 138 g/mol. The lowest BCUT2D eigenvalue weighted by Gasteiger charge is -1.85. The van der Waals surface area contributed by atoms with Gasteiger partial charge < -0.3 is 11.1 Å². The van der Waals surface area contributed by atoms with Crippen molar-refractivity contribution >= 4 is 6.34 Å². The first-order valence-electron chi connectivity index (χ1n) is 4.26. The summed E-state index contributed by atoms with van der Waals surface area (Å²) in [6, 6.07) is 0. The highest BCUT2D eigenvalue weighted by molar-refractivity contribution is 5.53. The number of aliphatic imine (C=N–C) groups is 1. The molecule has 11 heavy (non-hydrogen) atoms. The zero-order chi connectivity index (χ0) is 8.36. The first-order valence-corrected chi connectivity index (χ1v) is 4.26. The third-order valence-electron chi connectivity index (χ3n) is 1.59. The second-order valence-corrected chi connectivity index (χ2v) is 2.56.